The van der Waals surface area contributed by atoms with Crippen LogP contribution in [0.25, 0.3) is 0 Å². The summed E-state index contributed by atoms with van der Waals surface area (Å²) in [5, 5.41) is 8.90. The number of primary amides is 1. The van der Waals surface area contributed by atoms with Gasteiger partial charge in [-0.05, 0) is 37.5 Å². The first-order valence-electron chi connectivity index (χ1n) is 5.94. The lowest BCUT2D eigenvalue weighted by atomic mass is 10.2. The van der Waals surface area contributed by atoms with Crippen molar-refractivity contribution in [1.29, 1.82) is 0 Å². The quantitative estimate of drug-likeness (QED) is 0.718. The predicted octanol–water partition coefficient (Wildman–Crippen LogP) is 2.46. The summed E-state index contributed by atoms with van der Waals surface area (Å²) >= 11 is 5.77. The number of carboxylic acids is 1. The Morgan fingerprint density at radius 3 is 2.63 bits per heavy atom. The third kappa shape index (κ3) is 5.61. The van der Waals surface area contributed by atoms with E-state index in [1.807, 2.05) is 0 Å². The van der Waals surface area contributed by atoms with E-state index in [9.17, 15) is 9.59 Å². The minimum absolute atomic E-state index is 0.160. The highest BCUT2D eigenvalue weighted by Crippen LogP contribution is 2.22. The van der Waals surface area contributed by atoms with E-state index in [1.54, 1.807) is 12.1 Å². The van der Waals surface area contributed by atoms with Crippen molar-refractivity contribution in [2.75, 3.05) is 6.61 Å². The topological polar surface area (TPSA) is 89.6 Å². The maximum atomic E-state index is 11.2. The molecule has 0 spiro atoms. The number of benzene rings is 1. The van der Waals surface area contributed by atoms with Crippen LogP contribution in [-0.2, 0) is 4.79 Å². The van der Waals surface area contributed by atoms with Crippen LogP contribution < -0.4 is 10.5 Å². The summed E-state index contributed by atoms with van der Waals surface area (Å²) in [6, 6.07) is 4.68. The molecule has 0 saturated carbocycles. The second-order valence-corrected chi connectivity index (χ2v) is 4.49. The van der Waals surface area contributed by atoms with Gasteiger partial charge in [0.25, 0.3) is 5.91 Å². The van der Waals surface area contributed by atoms with Crippen molar-refractivity contribution >= 4 is 23.5 Å². The Morgan fingerprint density at radius 1 is 1.26 bits per heavy atom. The summed E-state index contributed by atoms with van der Waals surface area (Å²) in [6.07, 6.45) is 2.25. The average molecular weight is 286 g/mol. The smallest absolute Gasteiger partial charge is 0.303 e. The van der Waals surface area contributed by atoms with Crippen molar-refractivity contribution < 1.29 is 19.4 Å². The fourth-order valence-corrected chi connectivity index (χ4v) is 1.73. The van der Waals surface area contributed by atoms with Crippen LogP contribution in [0.1, 0.15) is 36.0 Å². The molecule has 1 rings (SSSR count). The number of ether oxygens (including phenoxy) is 1. The molecule has 0 aliphatic heterocycles. The highest BCUT2D eigenvalue weighted by molar-refractivity contribution is 6.31. The van der Waals surface area contributed by atoms with E-state index >= 15 is 0 Å². The first-order valence-corrected chi connectivity index (χ1v) is 6.32. The van der Waals surface area contributed by atoms with Crippen LogP contribution in [0.3, 0.4) is 0 Å². The highest BCUT2D eigenvalue weighted by Gasteiger charge is 2.10. The molecule has 1 aromatic carbocycles. The van der Waals surface area contributed by atoms with Gasteiger partial charge < -0.3 is 15.6 Å². The van der Waals surface area contributed by atoms with Gasteiger partial charge in [-0.25, -0.2) is 0 Å². The Balaban J connectivity index is 2.41. The van der Waals surface area contributed by atoms with E-state index in [1.165, 1.54) is 6.07 Å². The third-order valence-electron chi connectivity index (χ3n) is 2.50. The van der Waals surface area contributed by atoms with E-state index in [-0.39, 0.29) is 12.0 Å². The van der Waals surface area contributed by atoms with Gasteiger partial charge in [0.15, 0.2) is 0 Å². The van der Waals surface area contributed by atoms with Crippen LogP contribution in [0.4, 0.5) is 0 Å². The van der Waals surface area contributed by atoms with Gasteiger partial charge >= 0.3 is 5.97 Å². The summed E-state index contributed by atoms with van der Waals surface area (Å²) in [7, 11) is 0. The van der Waals surface area contributed by atoms with Gasteiger partial charge in [0.2, 0.25) is 0 Å². The van der Waals surface area contributed by atoms with Gasteiger partial charge in [0.1, 0.15) is 5.75 Å². The predicted molar refractivity (Wildman–Crippen MR) is 71.6 cm³/mol. The molecule has 0 fully saturated rings. The van der Waals surface area contributed by atoms with Crippen LogP contribution in [0, 0.1) is 0 Å². The first-order chi connectivity index (χ1) is 9.00. The average Bonchev–Trinajstić information content (AvgIpc) is 2.34. The van der Waals surface area contributed by atoms with Crippen molar-refractivity contribution in [2.24, 2.45) is 5.73 Å². The van der Waals surface area contributed by atoms with Crippen molar-refractivity contribution in [1.82, 2.24) is 0 Å². The van der Waals surface area contributed by atoms with Crippen LogP contribution in [0.2, 0.25) is 5.02 Å². The summed E-state index contributed by atoms with van der Waals surface area (Å²) < 4.78 is 5.45. The number of hydrogen-bond acceptors (Lipinski definition) is 3. The van der Waals surface area contributed by atoms with Gasteiger partial charge in [-0.1, -0.05) is 11.6 Å². The molecule has 0 aromatic heterocycles. The van der Waals surface area contributed by atoms with Gasteiger partial charge in [-0.2, -0.15) is 0 Å². The lowest BCUT2D eigenvalue weighted by Crippen LogP contribution is -2.13. The standard InChI is InChI=1S/C13H16ClNO4/c14-9-5-6-11(10(8-9)13(15)18)19-7-3-1-2-4-12(16)17/h5-6,8H,1-4,7H2,(H2,15,18)(H,16,17). The molecule has 5 nitrogen and oxygen atoms in total. The summed E-state index contributed by atoms with van der Waals surface area (Å²) in [4.78, 5) is 21.5. The highest BCUT2D eigenvalue weighted by atomic mass is 35.5. The lowest BCUT2D eigenvalue weighted by Gasteiger charge is -2.09. The molecule has 19 heavy (non-hydrogen) atoms. The fourth-order valence-electron chi connectivity index (χ4n) is 1.56. The molecule has 0 saturated heterocycles. The maximum Gasteiger partial charge on any atom is 0.303 e. The van der Waals surface area contributed by atoms with Crippen molar-refractivity contribution in [3.63, 3.8) is 0 Å². The minimum atomic E-state index is -0.797. The number of halogens is 1. The number of amides is 1. The molecule has 104 valence electrons. The number of hydrogen-bond donors (Lipinski definition) is 2. The molecule has 3 N–H and O–H groups in total. The van der Waals surface area contributed by atoms with E-state index in [4.69, 9.17) is 27.2 Å². The Kier molecular flexibility index (Phi) is 6.15. The van der Waals surface area contributed by atoms with E-state index < -0.39 is 11.9 Å². The van der Waals surface area contributed by atoms with E-state index in [0.717, 1.165) is 6.42 Å². The Hall–Kier alpha value is -1.75. The molecule has 0 aliphatic rings. The number of unbranched alkanes of at least 4 members (excludes halogenated alkanes) is 2. The van der Waals surface area contributed by atoms with Crippen LogP contribution in [0.5, 0.6) is 5.75 Å². The molecular weight excluding hydrogens is 270 g/mol. The molecule has 0 unspecified atom stereocenters. The van der Waals surface area contributed by atoms with E-state index in [0.29, 0.717) is 30.2 Å². The Bertz CT molecular complexity index is 462. The monoisotopic (exact) mass is 285 g/mol. The second-order valence-electron chi connectivity index (χ2n) is 4.06. The SMILES string of the molecule is NC(=O)c1cc(Cl)ccc1OCCCCCC(=O)O. The van der Waals surface area contributed by atoms with Crippen LogP contribution in [-0.4, -0.2) is 23.6 Å². The summed E-state index contributed by atoms with van der Waals surface area (Å²) in [5.74, 6) is -0.992. The van der Waals surface area contributed by atoms with Gasteiger partial charge in [-0.3, -0.25) is 9.59 Å². The van der Waals surface area contributed by atoms with Crippen molar-refractivity contribution in [3.05, 3.63) is 28.8 Å². The number of rotatable bonds is 8. The zero-order valence-corrected chi connectivity index (χ0v) is 11.2. The van der Waals surface area contributed by atoms with Crippen LogP contribution >= 0.6 is 11.6 Å². The fraction of sp³-hybridized carbons (Fsp3) is 0.385. The first kappa shape index (κ1) is 15.3. The molecule has 0 atom stereocenters. The number of carbonyl (C=O) groups excluding carboxylic acids is 1. The maximum absolute atomic E-state index is 11.2. The molecule has 6 heteroatoms. The summed E-state index contributed by atoms with van der Waals surface area (Å²) in [5.41, 5.74) is 5.47. The van der Waals surface area contributed by atoms with Gasteiger partial charge in [0, 0.05) is 11.4 Å². The van der Waals surface area contributed by atoms with Crippen LogP contribution in [0.15, 0.2) is 18.2 Å². The Labute approximate surface area is 116 Å². The number of aliphatic carboxylic acids is 1. The van der Waals surface area contributed by atoms with Crippen molar-refractivity contribution in [3.8, 4) is 5.75 Å². The number of carbonyl (C=O) groups is 2. The molecule has 0 radical (unpaired) electrons. The van der Waals surface area contributed by atoms with Gasteiger partial charge in [0.05, 0.1) is 12.2 Å². The number of carboxylic acid groups (broad SMARTS) is 1. The lowest BCUT2D eigenvalue weighted by molar-refractivity contribution is -0.137. The molecule has 0 aliphatic carbocycles. The largest absolute Gasteiger partial charge is 0.493 e. The molecule has 1 amide bonds. The van der Waals surface area contributed by atoms with E-state index in [2.05, 4.69) is 0 Å². The molecule has 0 bridgehead atoms. The Morgan fingerprint density at radius 2 is 2.00 bits per heavy atom. The molecule has 0 heterocycles. The zero-order chi connectivity index (χ0) is 14.3. The zero-order valence-electron chi connectivity index (χ0n) is 10.4. The van der Waals surface area contributed by atoms with Gasteiger partial charge in [-0.15, -0.1) is 0 Å². The van der Waals surface area contributed by atoms with Crippen molar-refractivity contribution in [2.45, 2.75) is 25.7 Å². The molecule has 1 aromatic rings. The summed E-state index contributed by atoms with van der Waals surface area (Å²) in [6.45, 7) is 0.404. The molecular formula is C13H16ClNO4. The normalized spacial score (nSPS) is 10.2. The number of nitrogens with two attached hydrogens (primary N) is 1. The second kappa shape index (κ2) is 7.63. The third-order valence-corrected chi connectivity index (χ3v) is 2.73. The minimum Gasteiger partial charge on any atom is -0.493 e.